The number of hydrogen-bond acceptors (Lipinski definition) is 6. The molecule has 0 unspecified atom stereocenters. The summed E-state index contributed by atoms with van der Waals surface area (Å²) in [7, 11) is 0. The summed E-state index contributed by atoms with van der Waals surface area (Å²) >= 11 is 11.6. The summed E-state index contributed by atoms with van der Waals surface area (Å²) in [5.74, 6) is -0.914. The molecule has 1 aliphatic heterocycles. The fourth-order valence-electron chi connectivity index (χ4n) is 3.26. The normalized spacial score (nSPS) is 17.1. The van der Waals surface area contributed by atoms with E-state index in [1.54, 1.807) is 20.8 Å². The second-order valence-corrected chi connectivity index (χ2v) is 8.55. The highest BCUT2D eigenvalue weighted by Crippen LogP contribution is 2.32. The largest absolute Gasteiger partial charge is 0.444 e. The molecule has 1 saturated heterocycles. The highest BCUT2D eigenvalue weighted by atomic mass is 35.5. The molecule has 164 valence electrons. The summed E-state index contributed by atoms with van der Waals surface area (Å²) in [5.41, 5.74) is -0.900. The zero-order chi connectivity index (χ0) is 22.2. The number of nitrogens with zero attached hydrogens (tertiary/aromatic N) is 5. The van der Waals surface area contributed by atoms with Gasteiger partial charge in [0.2, 0.25) is 5.28 Å². The molecule has 2 aromatic heterocycles. The van der Waals surface area contributed by atoms with Gasteiger partial charge < -0.3 is 14.5 Å². The summed E-state index contributed by atoms with van der Waals surface area (Å²) in [6.07, 6.45) is -1.65. The Morgan fingerprint density at radius 3 is 2.70 bits per heavy atom. The van der Waals surface area contributed by atoms with E-state index < -0.39 is 41.7 Å². The Kier molecular flexibility index (Phi) is 6.47. The first kappa shape index (κ1) is 22.6. The van der Waals surface area contributed by atoms with Crippen molar-refractivity contribution in [3.63, 3.8) is 0 Å². The van der Waals surface area contributed by atoms with Crippen molar-refractivity contribution >= 4 is 46.0 Å². The standard InChI is InChI=1S/C18H20Cl2F3N5O2/c1-18(2,3)30-17(29)27-5-4-9(7-27)28(8-11(21)22)15-10-6-24-14(19)12(23)13(10)25-16(20)26-15/h6,9,11H,4-5,7-8H2,1-3H3/t9-/m1/s1. The van der Waals surface area contributed by atoms with Crippen molar-refractivity contribution in [2.75, 3.05) is 24.5 Å². The van der Waals surface area contributed by atoms with E-state index in [1.165, 1.54) is 16.0 Å². The van der Waals surface area contributed by atoms with Crippen LogP contribution in [0.3, 0.4) is 0 Å². The Balaban J connectivity index is 1.97. The maximum absolute atomic E-state index is 14.4. The average Bonchev–Trinajstić information content (AvgIpc) is 3.11. The van der Waals surface area contributed by atoms with E-state index in [1.807, 2.05) is 0 Å². The van der Waals surface area contributed by atoms with Gasteiger partial charge in [-0.3, -0.25) is 0 Å². The number of alkyl halides is 2. The lowest BCUT2D eigenvalue weighted by molar-refractivity contribution is 0.0292. The van der Waals surface area contributed by atoms with Gasteiger partial charge in [-0.05, 0) is 38.8 Å². The molecule has 3 rings (SSSR count). The van der Waals surface area contributed by atoms with Gasteiger partial charge in [-0.15, -0.1) is 0 Å². The van der Waals surface area contributed by atoms with E-state index >= 15 is 0 Å². The van der Waals surface area contributed by atoms with E-state index in [9.17, 15) is 18.0 Å². The Hall–Kier alpha value is -2.07. The molecule has 1 aliphatic rings. The quantitative estimate of drug-likeness (QED) is 0.487. The summed E-state index contributed by atoms with van der Waals surface area (Å²) in [5, 5.41) is -0.641. The first-order valence-electron chi connectivity index (χ1n) is 9.16. The Morgan fingerprint density at radius 1 is 1.37 bits per heavy atom. The second kappa shape index (κ2) is 8.58. The summed E-state index contributed by atoms with van der Waals surface area (Å²) in [6, 6.07) is -0.514. The van der Waals surface area contributed by atoms with Crippen LogP contribution in [0.15, 0.2) is 6.20 Å². The molecule has 0 saturated carbocycles. The minimum absolute atomic E-state index is 0.00408. The van der Waals surface area contributed by atoms with Crippen LogP contribution in [0.25, 0.3) is 10.9 Å². The van der Waals surface area contributed by atoms with Crippen LogP contribution < -0.4 is 4.90 Å². The van der Waals surface area contributed by atoms with Gasteiger partial charge >= 0.3 is 6.09 Å². The van der Waals surface area contributed by atoms with Crippen molar-refractivity contribution in [2.45, 2.75) is 45.3 Å². The van der Waals surface area contributed by atoms with E-state index in [0.29, 0.717) is 13.0 Å². The van der Waals surface area contributed by atoms with Crippen molar-refractivity contribution in [2.24, 2.45) is 0 Å². The summed E-state index contributed by atoms with van der Waals surface area (Å²) < 4.78 is 46.6. The zero-order valence-corrected chi connectivity index (χ0v) is 18.0. The number of pyridine rings is 1. The number of hydrogen-bond donors (Lipinski definition) is 0. The number of carbonyl (C=O) groups excluding carboxylic acids is 1. The smallest absolute Gasteiger partial charge is 0.410 e. The van der Waals surface area contributed by atoms with Crippen molar-refractivity contribution in [1.82, 2.24) is 19.9 Å². The highest BCUT2D eigenvalue weighted by Gasteiger charge is 2.35. The number of rotatable bonds is 4. The van der Waals surface area contributed by atoms with E-state index in [2.05, 4.69) is 15.0 Å². The molecule has 1 amide bonds. The van der Waals surface area contributed by atoms with Gasteiger partial charge in [0.1, 0.15) is 16.9 Å². The molecule has 3 heterocycles. The molecule has 1 fully saturated rings. The minimum Gasteiger partial charge on any atom is -0.444 e. The summed E-state index contributed by atoms with van der Waals surface area (Å²) in [4.78, 5) is 26.7. The molecule has 0 N–H and O–H groups in total. The van der Waals surface area contributed by atoms with E-state index in [4.69, 9.17) is 27.9 Å². The highest BCUT2D eigenvalue weighted by molar-refractivity contribution is 6.30. The number of likely N-dealkylation sites (tertiary alicyclic amines) is 1. The number of ether oxygens (including phenoxy) is 1. The zero-order valence-electron chi connectivity index (χ0n) is 16.5. The molecule has 12 heteroatoms. The number of halogens is 5. The third-order valence-electron chi connectivity index (χ3n) is 4.46. The monoisotopic (exact) mass is 465 g/mol. The molecule has 0 spiro atoms. The third kappa shape index (κ3) is 4.97. The molecule has 0 aliphatic carbocycles. The predicted molar refractivity (Wildman–Crippen MR) is 107 cm³/mol. The lowest BCUT2D eigenvalue weighted by Gasteiger charge is -2.31. The van der Waals surface area contributed by atoms with Gasteiger partial charge in [0, 0.05) is 19.3 Å². The molecule has 2 aromatic rings. The molecular weight excluding hydrogens is 446 g/mol. The van der Waals surface area contributed by atoms with Crippen LogP contribution in [0, 0.1) is 5.82 Å². The van der Waals surface area contributed by atoms with Crippen LogP contribution in [0.2, 0.25) is 10.4 Å². The van der Waals surface area contributed by atoms with Crippen molar-refractivity contribution in [1.29, 1.82) is 0 Å². The first-order valence-corrected chi connectivity index (χ1v) is 9.92. The van der Waals surface area contributed by atoms with Gasteiger partial charge in [0.25, 0.3) is 6.43 Å². The van der Waals surface area contributed by atoms with Crippen LogP contribution in [-0.4, -0.2) is 63.6 Å². The van der Waals surface area contributed by atoms with Crippen LogP contribution in [-0.2, 0) is 4.74 Å². The maximum atomic E-state index is 14.4. The topological polar surface area (TPSA) is 71.5 Å². The molecule has 0 aromatic carbocycles. The van der Waals surface area contributed by atoms with Crippen LogP contribution in [0.5, 0.6) is 0 Å². The Labute approximate surface area is 181 Å². The van der Waals surface area contributed by atoms with Crippen LogP contribution in [0.4, 0.5) is 23.8 Å². The molecular formula is C18H20Cl2F3N5O2. The molecule has 30 heavy (non-hydrogen) atoms. The lowest BCUT2D eigenvalue weighted by Crippen LogP contribution is -2.43. The number of amides is 1. The number of carbonyl (C=O) groups is 1. The molecule has 1 atom stereocenters. The van der Waals surface area contributed by atoms with E-state index in [-0.39, 0.29) is 28.5 Å². The SMILES string of the molecule is CC(C)(C)OC(=O)N1CC[C@@H](N(CC(F)F)c2nc(Cl)nc3c(F)c(Cl)ncc23)C1. The van der Waals surface area contributed by atoms with Gasteiger partial charge in [-0.25, -0.2) is 27.9 Å². The number of aromatic nitrogens is 3. The van der Waals surface area contributed by atoms with Crippen molar-refractivity contribution < 1.29 is 22.7 Å². The minimum atomic E-state index is -2.71. The van der Waals surface area contributed by atoms with Gasteiger partial charge in [-0.1, -0.05) is 11.6 Å². The number of anilines is 1. The van der Waals surface area contributed by atoms with Crippen LogP contribution in [0.1, 0.15) is 27.2 Å². The predicted octanol–water partition coefficient (Wildman–Crippen LogP) is 4.55. The second-order valence-electron chi connectivity index (χ2n) is 7.85. The lowest BCUT2D eigenvalue weighted by atomic mass is 10.2. The molecule has 0 bridgehead atoms. The first-order chi connectivity index (χ1) is 14.0. The van der Waals surface area contributed by atoms with Gasteiger partial charge in [0.05, 0.1) is 18.0 Å². The van der Waals surface area contributed by atoms with Crippen LogP contribution >= 0.6 is 23.2 Å². The van der Waals surface area contributed by atoms with Gasteiger partial charge in [0.15, 0.2) is 11.0 Å². The number of fused-ring (bicyclic) bond motifs is 1. The third-order valence-corrected chi connectivity index (χ3v) is 4.89. The van der Waals surface area contributed by atoms with Gasteiger partial charge in [-0.2, -0.15) is 4.98 Å². The molecule has 7 nitrogen and oxygen atoms in total. The average molecular weight is 466 g/mol. The van der Waals surface area contributed by atoms with Crippen molar-refractivity contribution in [3.05, 3.63) is 22.5 Å². The Morgan fingerprint density at radius 2 is 2.07 bits per heavy atom. The fourth-order valence-corrected chi connectivity index (χ4v) is 3.56. The van der Waals surface area contributed by atoms with Crippen molar-refractivity contribution in [3.8, 4) is 0 Å². The Bertz CT molecular complexity index is 958. The fraction of sp³-hybridized carbons (Fsp3) is 0.556. The summed E-state index contributed by atoms with van der Waals surface area (Å²) in [6.45, 7) is 4.97. The molecule has 0 radical (unpaired) electrons. The maximum Gasteiger partial charge on any atom is 0.410 e. The van der Waals surface area contributed by atoms with E-state index in [0.717, 1.165) is 0 Å².